The third-order valence-corrected chi connectivity index (χ3v) is 7.86. The second kappa shape index (κ2) is 13.3. The minimum Gasteiger partial charge on any atom is -0.378 e. The van der Waals surface area contributed by atoms with Crippen LogP contribution in [0.15, 0.2) is 0 Å². The topological polar surface area (TPSA) is 61.9 Å². The van der Waals surface area contributed by atoms with Gasteiger partial charge in [0.2, 0.25) is 0 Å². The van der Waals surface area contributed by atoms with Crippen molar-refractivity contribution in [1.82, 2.24) is 9.80 Å². The second-order valence-corrected chi connectivity index (χ2v) is 11.3. The van der Waals surface area contributed by atoms with E-state index in [1.54, 1.807) is 0 Å². The molecule has 0 aliphatic carbocycles. The zero-order valence-electron chi connectivity index (χ0n) is 23.2. The quantitative estimate of drug-likeness (QED) is 0.516. The maximum atomic E-state index is 6.38. The Morgan fingerprint density at radius 2 is 0.588 bits per heavy atom. The summed E-state index contributed by atoms with van der Waals surface area (Å²) in [5.41, 5.74) is -1.70. The fraction of sp³-hybridized carbons (Fsp3) is 1.00. The van der Waals surface area contributed by atoms with Gasteiger partial charge in [-0.3, -0.25) is 9.80 Å². The van der Waals surface area contributed by atoms with E-state index in [0.29, 0.717) is 52.9 Å². The maximum absolute atomic E-state index is 6.38. The molecule has 0 spiro atoms. The monoisotopic (exact) mass is 488 g/mol. The molecule has 3 saturated heterocycles. The summed E-state index contributed by atoms with van der Waals surface area (Å²) in [7, 11) is 0. The number of hydrogen-bond donors (Lipinski definition) is 0. The Bertz CT molecular complexity index is 492. The van der Waals surface area contributed by atoms with E-state index in [0.717, 1.165) is 39.3 Å². The van der Waals surface area contributed by atoms with Crippen LogP contribution in [0.25, 0.3) is 0 Å². The Balaban J connectivity index is 2.23. The molecule has 0 aromatic rings. The first-order chi connectivity index (χ1) is 15.9. The zero-order valence-corrected chi connectivity index (χ0v) is 23.2. The first-order valence-corrected chi connectivity index (χ1v) is 13.0. The summed E-state index contributed by atoms with van der Waals surface area (Å²) >= 11 is 0. The Hall–Kier alpha value is -0.320. The van der Waals surface area contributed by atoms with Gasteiger partial charge in [-0.2, -0.15) is 0 Å². The predicted molar refractivity (Wildman–Crippen MR) is 135 cm³/mol. The molecule has 0 saturated carbocycles. The van der Waals surface area contributed by atoms with Gasteiger partial charge in [-0.15, -0.1) is 0 Å². The molecule has 0 aromatic carbocycles. The summed E-state index contributed by atoms with van der Waals surface area (Å²) in [5.74, 6) is 0. The third kappa shape index (κ3) is 9.28. The molecule has 3 aliphatic heterocycles. The lowest BCUT2D eigenvalue weighted by Crippen LogP contribution is -2.52. The number of fused-ring (bicyclic) bond motifs is 21. The van der Waals surface area contributed by atoms with Crippen molar-refractivity contribution in [2.24, 2.45) is 0 Å². The van der Waals surface area contributed by atoms with E-state index < -0.39 is 22.4 Å². The van der Waals surface area contributed by atoms with E-state index in [1.165, 1.54) is 0 Å². The lowest BCUT2D eigenvalue weighted by Gasteiger charge is -2.43. The highest BCUT2D eigenvalue weighted by atomic mass is 16.6. The van der Waals surface area contributed by atoms with Crippen molar-refractivity contribution in [3.8, 4) is 0 Å². The molecule has 8 nitrogen and oxygen atoms in total. The van der Waals surface area contributed by atoms with Crippen molar-refractivity contribution in [3.05, 3.63) is 0 Å². The van der Waals surface area contributed by atoms with Crippen molar-refractivity contribution in [2.45, 2.75) is 77.8 Å². The molecular formula is C26H52N2O6. The van der Waals surface area contributed by atoms with Gasteiger partial charge >= 0.3 is 0 Å². The van der Waals surface area contributed by atoms with Crippen molar-refractivity contribution in [2.75, 3.05) is 92.1 Å². The summed E-state index contributed by atoms with van der Waals surface area (Å²) in [4.78, 5) is 4.69. The van der Waals surface area contributed by atoms with Crippen molar-refractivity contribution >= 4 is 0 Å². The normalized spacial score (nSPS) is 32.5. The molecule has 0 unspecified atom stereocenters. The molecule has 3 fully saturated rings. The highest BCUT2D eigenvalue weighted by Crippen LogP contribution is 2.30. The molecule has 0 aromatic heterocycles. The van der Waals surface area contributed by atoms with Gasteiger partial charge < -0.3 is 28.4 Å². The average Bonchev–Trinajstić information content (AvgIpc) is 2.72. The molecule has 0 radical (unpaired) electrons. The van der Waals surface area contributed by atoms with Gasteiger partial charge in [-0.1, -0.05) is 0 Å². The minimum absolute atomic E-state index is 0.425. The fourth-order valence-corrected chi connectivity index (χ4v) is 3.79. The van der Waals surface area contributed by atoms with E-state index in [2.05, 4.69) is 65.2 Å². The molecule has 34 heavy (non-hydrogen) atoms. The van der Waals surface area contributed by atoms with Crippen molar-refractivity contribution < 1.29 is 28.4 Å². The second-order valence-electron chi connectivity index (χ2n) is 11.3. The lowest BCUT2D eigenvalue weighted by molar-refractivity contribution is -0.188. The van der Waals surface area contributed by atoms with Crippen LogP contribution in [-0.4, -0.2) is 124 Å². The van der Waals surface area contributed by atoms with Gasteiger partial charge in [0.1, 0.15) is 0 Å². The highest BCUT2D eigenvalue weighted by Gasteiger charge is 2.40. The molecule has 3 rings (SSSR count). The van der Waals surface area contributed by atoms with Gasteiger partial charge in [0, 0.05) is 39.3 Å². The van der Waals surface area contributed by atoms with E-state index >= 15 is 0 Å². The third-order valence-electron chi connectivity index (χ3n) is 7.86. The Labute approximate surface area is 208 Å². The van der Waals surface area contributed by atoms with Crippen LogP contribution in [0, 0.1) is 0 Å². The predicted octanol–water partition coefficient (Wildman–Crippen LogP) is 2.83. The first-order valence-electron chi connectivity index (χ1n) is 13.0. The van der Waals surface area contributed by atoms with E-state index in [9.17, 15) is 0 Å². The summed E-state index contributed by atoms with van der Waals surface area (Å²) < 4.78 is 37.2. The fourth-order valence-electron chi connectivity index (χ4n) is 3.79. The Morgan fingerprint density at radius 3 is 0.853 bits per heavy atom. The molecule has 8 heteroatoms. The van der Waals surface area contributed by atoms with Crippen molar-refractivity contribution in [3.63, 3.8) is 0 Å². The molecule has 0 atom stereocenters. The standard InChI is InChI=1S/C26H52N2O6/c1-23(2)24(3,4)32-18-12-28-10-16-30-22-21-29-15-9-27(11-17-31-23)13-19-33-25(5,6)26(7,8)34-20-14-28/h9-22H2,1-8H3. The van der Waals surface area contributed by atoms with E-state index in [1.807, 2.05) is 0 Å². The molecule has 0 N–H and O–H groups in total. The Kier molecular flexibility index (Phi) is 11.7. The van der Waals surface area contributed by atoms with E-state index in [4.69, 9.17) is 28.4 Å². The lowest BCUT2D eigenvalue weighted by atomic mass is 9.89. The highest BCUT2D eigenvalue weighted by molar-refractivity contribution is 4.91. The molecule has 202 valence electrons. The van der Waals surface area contributed by atoms with Crippen LogP contribution in [0.5, 0.6) is 0 Å². The first kappa shape index (κ1) is 29.9. The largest absolute Gasteiger partial charge is 0.378 e. The van der Waals surface area contributed by atoms with Gasteiger partial charge in [0.15, 0.2) is 0 Å². The average molecular weight is 489 g/mol. The van der Waals surface area contributed by atoms with Crippen LogP contribution in [-0.2, 0) is 28.4 Å². The smallest absolute Gasteiger partial charge is 0.0910 e. The molecule has 3 aliphatic rings. The van der Waals surface area contributed by atoms with Gasteiger partial charge in [-0.05, 0) is 55.4 Å². The van der Waals surface area contributed by atoms with Crippen LogP contribution in [0.1, 0.15) is 55.4 Å². The number of ether oxygens (including phenoxy) is 6. The van der Waals surface area contributed by atoms with Crippen LogP contribution < -0.4 is 0 Å². The zero-order chi connectivity index (χ0) is 25.3. The number of nitrogens with zero attached hydrogens (tertiary/aromatic N) is 2. The maximum Gasteiger partial charge on any atom is 0.0910 e. The summed E-state index contributed by atoms with van der Waals surface area (Å²) in [5, 5.41) is 0. The number of rotatable bonds is 0. The van der Waals surface area contributed by atoms with E-state index in [-0.39, 0.29) is 0 Å². The summed E-state index contributed by atoms with van der Waals surface area (Å²) in [6.45, 7) is 26.8. The molecule has 0 amide bonds. The molecule has 3 heterocycles. The molecular weight excluding hydrogens is 436 g/mol. The summed E-state index contributed by atoms with van der Waals surface area (Å²) in [6, 6.07) is 0. The van der Waals surface area contributed by atoms with Gasteiger partial charge in [-0.25, -0.2) is 0 Å². The van der Waals surface area contributed by atoms with Crippen LogP contribution in [0.2, 0.25) is 0 Å². The summed E-state index contributed by atoms with van der Waals surface area (Å²) in [6.07, 6.45) is 0. The minimum atomic E-state index is -0.425. The SMILES string of the molecule is CC1(C)OCCN2CCOCCOCCN(CCOC1(C)C)CCOC(C)(C)C(C)(C)OCC2. The van der Waals surface area contributed by atoms with Crippen LogP contribution >= 0.6 is 0 Å². The van der Waals surface area contributed by atoms with Crippen LogP contribution in [0.3, 0.4) is 0 Å². The Morgan fingerprint density at radius 1 is 0.353 bits per heavy atom. The van der Waals surface area contributed by atoms with Gasteiger partial charge in [0.05, 0.1) is 75.3 Å². The van der Waals surface area contributed by atoms with Gasteiger partial charge in [0.25, 0.3) is 0 Å². The van der Waals surface area contributed by atoms with Crippen molar-refractivity contribution in [1.29, 1.82) is 0 Å². The number of hydrogen-bond acceptors (Lipinski definition) is 8. The molecule has 2 bridgehead atoms. The van der Waals surface area contributed by atoms with Crippen LogP contribution in [0.4, 0.5) is 0 Å².